The maximum atomic E-state index is 12.0. The molecule has 0 aliphatic heterocycles. The average Bonchev–Trinajstić information content (AvgIpc) is 2.44. The van der Waals surface area contributed by atoms with Crippen molar-refractivity contribution in [1.29, 1.82) is 0 Å². The van der Waals surface area contributed by atoms with Crippen molar-refractivity contribution in [3.63, 3.8) is 0 Å². The molecule has 0 saturated heterocycles. The summed E-state index contributed by atoms with van der Waals surface area (Å²) in [4.78, 5) is 24.7. The van der Waals surface area contributed by atoms with Gasteiger partial charge in [-0.2, -0.15) is 0 Å². The number of benzene rings is 1. The zero-order chi connectivity index (χ0) is 15.3. The van der Waals surface area contributed by atoms with Gasteiger partial charge >= 0.3 is 6.09 Å². The van der Waals surface area contributed by atoms with Crippen molar-refractivity contribution in [3.8, 4) is 5.75 Å². The molecule has 1 aromatic carbocycles. The van der Waals surface area contributed by atoms with Crippen molar-refractivity contribution in [1.82, 2.24) is 4.90 Å². The average molecular weight is 342 g/mol. The first-order valence-electron chi connectivity index (χ1n) is 5.78. The van der Waals surface area contributed by atoms with Crippen molar-refractivity contribution >= 4 is 27.9 Å². The van der Waals surface area contributed by atoms with Crippen LogP contribution >= 0.6 is 15.9 Å². The third kappa shape index (κ3) is 3.84. The van der Waals surface area contributed by atoms with E-state index in [1.54, 1.807) is 32.2 Å². The molecular formula is C14H16BrNO4. The van der Waals surface area contributed by atoms with Crippen LogP contribution in [0.4, 0.5) is 4.79 Å². The Morgan fingerprint density at radius 1 is 1.35 bits per heavy atom. The van der Waals surface area contributed by atoms with E-state index in [0.717, 1.165) is 14.9 Å². The smallest absolute Gasteiger partial charge is 0.416 e. The first-order valence-corrected chi connectivity index (χ1v) is 6.57. The minimum atomic E-state index is -0.729. The molecule has 108 valence electrons. The molecule has 5 nitrogen and oxygen atoms in total. The minimum Gasteiger partial charge on any atom is -0.497 e. The Balaban J connectivity index is 3.09. The summed E-state index contributed by atoms with van der Waals surface area (Å²) in [6.45, 7) is 5.16. The van der Waals surface area contributed by atoms with E-state index in [0.29, 0.717) is 5.75 Å². The summed E-state index contributed by atoms with van der Waals surface area (Å²) < 4.78 is 10.5. The Labute approximate surface area is 126 Å². The van der Waals surface area contributed by atoms with Crippen molar-refractivity contribution < 1.29 is 19.1 Å². The number of hydrogen-bond donors (Lipinski definition) is 0. The van der Waals surface area contributed by atoms with Crippen LogP contribution in [0.3, 0.4) is 0 Å². The van der Waals surface area contributed by atoms with E-state index >= 15 is 0 Å². The van der Waals surface area contributed by atoms with E-state index in [2.05, 4.69) is 27.2 Å². The second kappa shape index (κ2) is 7.09. The number of amides is 2. The van der Waals surface area contributed by atoms with Gasteiger partial charge in [0, 0.05) is 10.0 Å². The van der Waals surface area contributed by atoms with Crippen LogP contribution in [-0.2, 0) is 16.1 Å². The number of ether oxygens (including phenoxy) is 2. The predicted octanol–water partition coefficient (Wildman–Crippen LogP) is 3.13. The van der Waals surface area contributed by atoms with Gasteiger partial charge in [-0.1, -0.05) is 22.5 Å². The second-order valence-corrected chi connectivity index (χ2v) is 4.95. The minimum absolute atomic E-state index is 0.0656. The van der Waals surface area contributed by atoms with Crippen LogP contribution in [0.15, 0.2) is 34.8 Å². The number of halogens is 1. The Bertz CT molecular complexity index is 542. The van der Waals surface area contributed by atoms with E-state index < -0.39 is 12.0 Å². The lowest BCUT2D eigenvalue weighted by atomic mass is 10.2. The van der Waals surface area contributed by atoms with Gasteiger partial charge in [0.1, 0.15) is 5.75 Å². The van der Waals surface area contributed by atoms with Crippen molar-refractivity contribution in [2.75, 3.05) is 14.2 Å². The quantitative estimate of drug-likeness (QED) is 0.789. The Morgan fingerprint density at radius 3 is 2.50 bits per heavy atom. The molecule has 0 bridgehead atoms. The summed E-state index contributed by atoms with van der Waals surface area (Å²) in [6, 6.07) is 5.30. The molecule has 20 heavy (non-hydrogen) atoms. The van der Waals surface area contributed by atoms with E-state index in [-0.39, 0.29) is 12.1 Å². The lowest BCUT2D eigenvalue weighted by Gasteiger charge is -2.20. The van der Waals surface area contributed by atoms with Crippen LogP contribution in [0.5, 0.6) is 5.75 Å². The summed E-state index contributed by atoms with van der Waals surface area (Å²) in [5, 5.41) is 0. The van der Waals surface area contributed by atoms with Crippen LogP contribution < -0.4 is 4.74 Å². The highest BCUT2D eigenvalue weighted by Gasteiger charge is 2.23. The van der Waals surface area contributed by atoms with Gasteiger partial charge in [0.05, 0.1) is 20.8 Å². The van der Waals surface area contributed by atoms with Gasteiger partial charge in [0.25, 0.3) is 5.91 Å². The highest BCUT2D eigenvalue weighted by Crippen LogP contribution is 2.24. The molecule has 0 heterocycles. The van der Waals surface area contributed by atoms with Crippen LogP contribution in [-0.4, -0.2) is 31.1 Å². The molecule has 0 aliphatic carbocycles. The maximum absolute atomic E-state index is 12.0. The number of nitrogens with zero attached hydrogens (tertiary/aromatic N) is 1. The Hall–Kier alpha value is -1.82. The van der Waals surface area contributed by atoms with Gasteiger partial charge in [-0.05, 0) is 30.7 Å². The van der Waals surface area contributed by atoms with Crippen molar-refractivity contribution in [3.05, 3.63) is 40.4 Å². The summed E-state index contributed by atoms with van der Waals surface area (Å²) in [6.07, 6.45) is -0.729. The van der Waals surface area contributed by atoms with Gasteiger partial charge in [-0.3, -0.25) is 4.79 Å². The number of rotatable bonds is 4. The predicted molar refractivity (Wildman–Crippen MR) is 78.5 cm³/mol. The van der Waals surface area contributed by atoms with E-state index in [1.807, 2.05) is 0 Å². The fraction of sp³-hybridized carbons (Fsp3) is 0.286. The molecule has 2 amide bonds. The fourth-order valence-electron chi connectivity index (χ4n) is 1.53. The first kappa shape index (κ1) is 16.2. The SMILES string of the molecule is C=C(C)C(=O)N(Cc1cc(OC)ccc1Br)C(=O)OC. The summed E-state index contributed by atoms with van der Waals surface area (Å²) in [7, 11) is 2.77. The zero-order valence-corrected chi connectivity index (χ0v) is 13.2. The number of hydrogen-bond acceptors (Lipinski definition) is 4. The second-order valence-electron chi connectivity index (χ2n) is 4.10. The lowest BCUT2D eigenvalue weighted by Crippen LogP contribution is -2.36. The molecule has 0 N–H and O–H groups in total. The van der Waals surface area contributed by atoms with Gasteiger partial charge in [0.15, 0.2) is 0 Å². The molecule has 0 aliphatic rings. The number of imide groups is 1. The molecule has 0 fully saturated rings. The summed E-state index contributed by atoms with van der Waals surface area (Å²) in [5.74, 6) is 0.155. The van der Waals surface area contributed by atoms with Gasteiger partial charge in [0.2, 0.25) is 0 Å². The van der Waals surface area contributed by atoms with Gasteiger partial charge < -0.3 is 9.47 Å². The summed E-state index contributed by atoms with van der Waals surface area (Å²) >= 11 is 3.38. The molecule has 1 aromatic rings. The van der Waals surface area contributed by atoms with Crippen molar-refractivity contribution in [2.45, 2.75) is 13.5 Å². The largest absolute Gasteiger partial charge is 0.497 e. The topological polar surface area (TPSA) is 55.8 Å². The maximum Gasteiger partial charge on any atom is 0.416 e. The molecule has 0 radical (unpaired) electrons. The highest BCUT2D eigenvalue weighted by molar-refractivity contribution is 9.10. The van der Waals surface area contributed by atoms with Crippen LogP contribution in [0.1, 0.15) is 12.5 Å². The van der Waals surface area contributed by atoms with E-state index in [9.17, 15) is 9.59 Å². The third-order valence-electron chi connectivity index (χ3n) is 2.59. The van der Waals surface area contributed by atoms with E-state index in [4.69, 9.17) is 4.74 Å². The molecule has 0 atom stereocenters. The molecular weight excluding hydrogens is 326 g/mol. The monoisotopic (exact) mass is 341 g/mol. The molecule has 0 spiro atoms. The Kier molecular flexibility index (Phi) is 5.76. The van der Waals surface area contributed by atoms with E-state index in [1.165, 1.54) is 7.11 Å². The molecule has 6 heteroatoms. The lowest BCUT2D eigenvalue weighted by molar-refractivity contribution is -0.125. The van der Waals surface area contributed by atoms with Gasteiger partial charge in [-0.25, -0.2) is 9.69 Å². The Morgan fingerprint density at radius 2 is 2.00 bits per heavy atom. The number of carbonyl (C=O) groups excluding carboxylic acids is 2. The molecule has 0 unspecified atom stereocenters. The molecule has 0 aromatic heterocycles. The van der Waals surface area contributed by atoms with Crippen LogP contribution in [0, 0.1) is 0 Å². The van der Waals surface area contributed by atoms with Crippen LogP contribution in [0.2, 0.25) is 0 Å². The number of carbonyl (C=O) groups is 2. The highest BCUT2D eigenvalue weighted by atomic mass is 79.9. The van der Waals surface area contributed by atoms with Crippen molar-refractivity contribution in [2.24, 2.45) is 0 Å². The number of methoxy groups -OCH3 is 2. The molecule has 0 saturated carbocycles. The first-order chi connectivity index (χ1) is 9.40. The van der Waals surface area contributed by atoms with Crippen LogP contribution in [0.25, 0.3) is 0 Å². The normalized spacial score (nSPS) is 9.80. The standard InChI is InChI=1S/C14H16BrNO4/c1-9(2)13(17)16(14(18)20-4)8-10-7-11(19-3)5-6-12(10)15/h5-7H,1,8H2,2-4H3. The molecule has 1 rings (SSSR count). The van der Waals surface area contributed by atoms with Gasteiger partial charge in [-0.15, -0.1) is 0 Å². The fourth-order valence-corrected chi connectivity index (χ4v) is 1.90. The third-order valence-corrected chi connectivity index (χ3v) is 3.36. The zero-order valence-electron chi connectivity index (χ0n) is 11.6. The summed E-state index contributed by atoms with van der Waals surface area (Å²) in [5.41, 5.74) is 0.985.